The predicted octanol–water partition coefficient (Wildman–Crippen LogP) is 5.63. The largest absolute Gasteiger partial charge is 0.508 e. The Morgan fingerprint density at radius 2 is 1.68 bits per heavy atom. The van der Waals surface area contributed by atoms with Gasteiger partial charge in [0.05, 0.1) is 31.8 Å². The van der Waals surface area contributed by atoms with E-state index in [2.05, 4.69) is 26.0 Å². The normalized spacial score (nSPS) is 14.2. The molecule has 0 unspecified atom stereocenters. The number of rotatable bonds is 7. The van der Waals surface area contributed by atoms with Crippen molar-refractivity contribution in [3.8, 4) is 40.0 Å². The van der Waals surface area contributed by atoms with E-state index in [0.29, 0.717) is 24.2 Å². The van der Waals surface area contributed by atoms with E-state index < -0.39 is 0 Å². The highest BCUT2D eigenvalue weighted by molar-refractivity contribution is 5.84. The fourth-order valence-electron chi connectivity index (χ4n) is 5.32. The van der Waals surface area contributed by atoms with Gasteiger partial charge in [0, 0.05) is 28.8 Å². The summed E-state index contributed by atoms with van der Waals surface area (Å²) in [4.78, 5) is 6.62. The Labute approximate surface area is 220 Å². The van der Waals surface area contributed by atoms with Crippen LogP contribution in [0.5, 0.6) is 17.2 Å². The summed E-state index contributed by atoms with van der Waals surface area (Å²) >= 11 is 0. The maximum absolute atomic E-state index is 9.81. The Balaban J connectivity index is 1.35. The topological polar surface area (TPSA) is 100 Å². The summed E-state index contributed by atoms with van der Waals surface area (Å²) in [5, 5.41) is 23.0. The Hall–Kier alpha value is -4.40. The quantitative estimate of drug-likeness (QED) is 0.303. The maximum atomic E-state index is 9.81. The van der Waals surface area contributed by atoms with Crippen molar-refractivity contribution in [2.45, 2.75) is 44.7 Å². The maximum Gasteiger partial charge on any atom is 0.205 e. The Morgan fingerprint density at radius 3 is 2.45 bits per heavy atom. The number of methoxy groups -OCH3 is 2. The van der Waals surface area contributed by atoms with Gasteiger partial charge in [0.1, 0.15) is 23.1 Å². The van der Waals surface area contributed by atoms with Crippen molar-refractivity contribution >= 4 is 11.0 Å². The Bertz CT molecular complexity index is 1570. The first-order chi connectivity index (χ1) is 18.6. The highest BCUT2D eigenvalue weighted by Crippen LogP contribution is 2.37. The van der Waals surface area contributed by atoms with E-state index in [4.69, 9.17) is 14.5 Å². The molecule has 38 heavy (non-hydrogen) atoms. The van der Waals surface area contributed by atoms with Crippen molar-refractivity contribution in [2.75, 3.05) is 14.2 Å². The van der Waals surface area contributed by atoms with E-state index in [-0.39, 0.29) is 5.75 Å². The molecule has 0 aliphatic heterocycles. The van der Waals surface area contributed by atoms with Crippen LogP contribution in [0.1, 0.15) is 43.7 Å². The lowest BCUT2D eigenvalue weighted by molar-refractivity contribution is 0.362. The number of imidazole rings is 1. The van der Waals surface area contributed by atoms with Crippen molar-refractivity contribution in [1.82, 2.24) is 29.8 Å². The van der Waals surface area contributed by atoms with Crippen LogP contribution in [0, 0.1) is 0 Å². The molecule has 0 radical (unpaired) electrons. The molecule has 2 aromatic heterocycles. The van der Waals surface area contributed by atoms with Crippen molar-refractivity contribution in [1.29, 1.82) is 0 Å². The van der Waals surface area contributed by atoms with Gasteiger partial charge in [-0.05, 0) is 72.7 Å². The number of tetrazole rings is 1. The Kier molecular flexibility index (Phi) is 6.41. The number of nitrogens with zero attached hydrogens (tertiary/aromatic N) is 6. The first-order valence-electron chi connectivity index (χ1n) is 12.9. The summed E-state index contributed by atoms with van der Waals surface area (Å²) in [6, 6.07) is 19.5. The van der Waals surface area contributed by atoms with Gasteiger partial charge < -0.3 is 19.1 Å². The molecule has 0 saturated heterocycles. The van der Waals surface area contributed by atoms with Crippen LogP contribution >= 0.6 is 0 Å². The third-order valence-corrected chi connectivity index (χ3v) is 7.27. The highest BCUT2D eigenvalue weighted by atomic mass is 16.5. The molecule has 0 amide bonds. The highest BCUT2D eigenvalue weighted by Gasteiger charge is 2.23. The summed E-state index contributed by atoms with van der Waals surface area (Å²) < 4.78 is 13.2. The number of phenols is 1. The molecular formula is C29H30N6O3. The van der Waals surface area contributed by atoms with Gasteiger partial charge in [-0.25, -0.2) is 4.98 Å². The molecule has 9 heteroatoms. The van der Waals surface area contributed by atoms with E-state index in [1.54, 1.807) is 31.1 Å². The van der Waals surface area contributed by atoms with Crippen molar-refractivity contribution in [2.24, 2.45) is 0 Å². The van der Waals surface area contributed by atoms with Crippen molar-refractivity contribution < 1.29 is 14.6 Å². The van der Waals surface area contributed by atoms with Crippen LogP contribution in [-0.2, 0) is 6.54 Å². The van der Waals surface area contributed by atoms with Gasteiger partial charge in [0.15, 0.2) is 0 Å². The number of hydrogen-bond donors (Lipinski definition) is 1. The second-order valence-corrected chi connectivity index (χ2v) is 9.67. The average Bonchev–Trinajstić information content (AvgIpc) is 3.58. The zero-order valence-corrected chi connectivity index (χ0v) is 21.5. The number of fused-ring (bicyclic) bond motifs is 1. The van der Waals surface area contributed by atoms with Gasteiger partial charge in [0.25, 0.3) is 0 Å². The molecule has 1 aliphatic carbocycles. The fourth-order valence-corrected chi connectivity index (χ4v) is 5.32. The number of aromatic nitrogens is 6. The first-order valence-corrected chi connectivity index (χ1v) is 12.9. The van der Waals surface area contributed by atoms with Gasteiger partial charge in [0.2, 0.25) is 5.82 Å². The monoisotopic (exact) mass is 510 g/mol. The molecule has 1 saturated carbocycles. The molecule has 6 rings (SSSR count). The molecule has 194 valence electrons. The molecule has 0 spiro atoms. The number of hydrogen-bond acceptors (Lipinski definition) is 7. The van der Waals surface area contributed by atoms with E-state index in [0.717, 1.165) is 52.1 Å². The van der Waals surface area contributed by atoms with Crippen LogP contribution in [0.3, 0.4) is 0 Å². The lowest BCUT2D eigenvalue weighted by Gasteiger charge is -2.25. The molecular weight excluding hydrogens is 480 g/mol. The molecule has 5 aromatic rings. The number of ether oxygens (including phenoxy) is 2. The summed E-state index contributed by atoms with van der Waals surface area (Å²) in [7, 11) is 3.26. The molecule has 9 nitrogen and oxygen atoms in total. The number of phenolic OH excluding ortho intramolecular Hbond substituents is 1. The first kappa shape index (κ1) is 24.0. The molecule has 0 bridgehead atoms. The van der Waals surface area contributed by atoms with Gasteiger partial charge in [-0.2, -0.15) is 4.80 Å². The minimum Gasteiger partial charge on any atom is -0.508 e. The SMILES string of the molecule is COc1ccc(Cn2nnc(-c3ccc4c(c3)nc(-c3ccc(O)cc3)n4C3CCCCC3)n2)c(OC)c1. The summed E-state index contributed by atoms with van der Waals surface area (Å²) in [5.74, 6) is 3.15. The third-order valence-electron chi connectivity index (χ3n) is 7.27. The average molecular weight is 511 g/mol. The zero-order chi connectivity index (χ0) is 26.1. The van der Waals surface area contributed by atoms with E-state index >= 15 is 0 Å². The second-order valence-electron chi connectivity index (χ2n) is 9.67. The van der Waals surface area contributed by atoms with E-state index in [9.17, 15) is 5.11 Å². The van der Waals surface area contributed by atoms with Crippen LogP contribution in [0.4, 0.5) is 0 Å². The van der Waals surface area contributed by atoms with E-state index in [1.807, 2.05) is 42.5 Å². The molecule has 2 heterocycles. The number of benzene rings is 3. The van der Waals surface area contributed by atoms with Crippen LogP contribution in [0.2, 0.25) is 0 Å². The molecule has 1 aliphatic rings. The Morgan fingerprint density at radius 1 is 0.895 bits per heavy atom. The summed E-state index contributed by atoms with van der Waals surface area (Å²) in [5.41, 5.74) is 4.76. The standard InChI is InChI=1S/C29H30N6O3/c1-37-24-14-10-21(27(17-24)38-2)18-34-32-28(31-33-34)20-11-15-26-25(16-20)30-29(19-8-12-23(36)13-9-19)35(26)22-6-4-3-5-7-22/h8-17,22,36H,3-7,18H2,1-2H3. The minimum atomic E-state index is 0.248. The van der Waals surface area contributed by atoms with Gasteiger partial charge in [-0.15, -0.1) is 10.2 Å². The molecule has 1 N–H and O–H groups in total. The smallest absolute Gasteiger partial charge is 0.205 e. The fraction of sp³-hybridized carbons (Fsp3) is 0.310. The third kappa shape index (κ3) is 4.55. The molecule has 1 fully saturated rings. The lowest BCUT2D eigenvalue weighted by Crippen LogP contribution is -2.13. The van der Waals surface area contributed by atoms with Crippen molar-refractivity contribution in [3.63, 3.8) is 0 Å². The van der Waals surface area contributed by atoms with E-state index in [1.165, 1.54) is 19.3 Å². The number of aromatic hydroxyl groups is 1. The summed E-state index contributed by atoms with van der Waals surface area (Å²) in [6.45, 7) is 0.420. The second kappa shape index (κ2) is 10.2. The minimum absolute atomic E-state index is 0.248. The zero-order valence-electron chi connectivity index (χ0n) is 21.5. The van der Waals surface area contributed by atoms with Gasteiger partial charge in [-0.1, -0.05) is 19.3 Å². The van der Waals surface area contributed by atoms with Crippen LogP contribution in [0.15, 0.2) is 60.7 Å². The molecule has 0 atom stereocenters. The lowest BCUT2D eigenvalue weighted by atomic mass is 9.95. The van der Waals surface area contributed by atoms with Gasteiger partial charge >= 0.3 is 0 Å². The molecule has 3 aromatic carbocycles. The van der Waals surface area contributed by atoms with Crippen LogP contribution in [0.25, 0.3) is 33.8 Å². The summed E-state index contributed by atoms with van der Waals surface area (Å²) in [6.07, 6.45) is 6.02. The van der Waals surface area contributed by atoms with Crippen molar-refractivity contribution in [3.05, 3.63) is 66.2 Å². The van der Waals surface area contributed by atoms with Crippen LogP contribution in [-0.4, -0.2) is 49.1 Å². The predicted molar refractivity (Wildman–Crippen MR) is 144 cm³/mol. The van der Waals surface area contributed by atoms with Gasteiger partial charge in [-0.3, -0.25) is 0 Å². The van der Waals surface area contributed by atoms with Crippen LogP contribution < -0.4 is 9.47 Å².